The van der Waals surface area contributed by atoms with Crippen LogP contribution in [0.1, 0.15) is 62.8 Å². The number of amidine groups is 1. The molecule has 2 heterocycles. The Balaban J connectivity index is 1.37. The minimum absolute atomic E-state index is 0.0107. The minimum atomic E-state index is -0.526. The molecular weight excluding hydrogens is 433 g/mol. The van der Waals surface area contributed by atoms with Crippen molar-refractivity contribution in [1.29, 1.82) is 0 Å². The fourth-order valence-electron chi connectivity index (χ4n) is 5.33. The van der Waals surface area contributed by atoms with Gasteiger partial charge in [-0.1, -0.05) is 36.4 Å². The fourth-order valence-corrected chi connectivity index (χ4v) is 5.33. The average Bonchev–Trinajstić information content (AvgIpc) is 3.38. The smallest absolute Gasteiger partial charge is 0.407 e. The number of aliphatic imine (C=N–C) groups is 1. The molecule has 3 aliphatic rings. The van der Waals surface area contributed by atoms with Crippen molar-refractivity contribution in [2.45, 2.75) is 69.7 Å². The van der Waals surface area contributed by atoms with Crippen molar-refractivity contribution in [2.75, 3.05) is 13.2 Å². The molecule has 1 N–H and O–H groups in total. The summed E-state index contributed by atoms with van der Waals surface area (Å²) < 4.78 is 25.3. The van der Waals surface area contributed by atoms with E-state index >= 15 is 0 Å². The topological polar surface area (TPSA) is 63.2 Å². The summed E-state index contributed by atoms with van der Waals surface area (Å²) >= 11 is 0. The molecule has 6 nitrogen and oxygen atoms in total. The van der Waals surface area contributed by atoms with Gasteiger partial charge < -0.3 is 19.7 Å². The number of ether oxygens (including phenoxy) is 2. The van der Waals surface area contributed by atoms with Crippen LogP contribution in [0.4, 0.5) is 9.18 Å². The third-order valence-corrected chi connectivity index (χ3v) is 6.82. The number of hydrogen-bond acceptors (Lipinski definition) is 5. The first kappa shape index (κ1) is 22.7. The van der Waals surface area contributed by atoms with Crippen LogP contribution in [0.15, 0.2) is 53.5 Å². The van der Waals surface area contributed by atoms with Gasteiger partial charge in [-0.2, -0.15) is 0 Å². The Bertz CT molecular complexity index is 1100. The maximum absolute atomic E-state index is 13.7. The third kappa shape index (κ3) is 4.61. The highest BCUT2D eigenvalue weighted by atomic mass is 19.1. The predicted octanol–water partition coefficient (Wildman–Crippen LogP) is 4.98. The van der Waals surface area contributed by atoms with Gasteiger partial charge in [-0.15, -0.1) is 0 Å². The van der Waals surface area contributed by atoms with E-state index < -0.39 is 5.60 Å². The lowest BCUT2D eigenvalue weighted by atomic mass is 9.88. The largest absolute Gasteiger partial charge is 0.463 e. The van der Waals surface area contributed by atoms with Crippen LogP contribution in [-0.2, 0) is 15.9 Å². The van der Waals surface area contributed by atoms with Gasteiger partial charge >= 0.3 is 6.09 Å². The SMILES string of the molecule is CC(C)(C)OC(=O)N[C@@H]1CC[C@@]2(COC(N3CCc4ccccc4[C@@H]3c3ccc(F)cc3)=N2)C1. The van der Waals surface area contributed by atoms with E-state index in [4.69, 9.17) is 14.5 Å². The minimum Gasteiger partial charge on any atom is -0.463 e. The van der Waals surface area contributed by atoms with Gasteiger partial charge in [0.05, 0.1) is 6.04 Å². The molecule has 0 saturated heterocycles. The Morgan fingerprint density at radius 2 is 1.97 bits per heavy atom. The van der Waals surface area contributed by atoms with Gasteiger partial charge in [-0.25, -0.2) is 14.2 Å². The summed E-state index contributed by atoms with van der Waals surface area (Å²) in [5.74, 6) is -0.248. The van der Waals surface area contributed by atoms with E-state index in [0.29, 0.717) is 12.6 Å². The number of amides is 1. The predicted molar refractivity (Wildman–Crippen MR) is 128 cm³/mol. The summed E-state index contributed by atoms with van der Waals surface area (Å²) in [5, 5.41) is 3.00. The number of carbonyl (C=O) groups excluding carboxylic acids is 1. The van der Waals surface area contributed by atoms with Gasteiger partial charge in [0.25, 0.3) is 6.02 Å². The number of fused-ring (bicyclic) bond motifs is 1. The molecule has 5 rings (SSSR count). The van der Waals surface area contributed by atoms with Gasteiger partial charge in [0.15, 0.2) is 0 Å². The Morgan fingerprint density at radius 3 is 2.74 bits per heavy atom. The molecule has 3 atom stereocenters. The van der Waals surface area contributed by atoms with Gasteiger partial charge in [0.2, 0.25) is 0 Å². The number of nitrogens with zero attached hydrogens (tertiary/aromatic N) is 2. The number of alkyl carbamates (subject to hydrolysis) is 1. The molecule has 0 unspecified atom stereocenters. The van der Waals surface area contributed by atoms with Crippen LogP contribution in [0.5, 0.6) is 0 Å². The van der Waals surface area contributed by atoms with Gasteiger partial charge in [-0.05, 0) is 75.3 Å². The maximum atomic E-state index is 13.7. The molecule has 7 heteroatoms. The average molecular weight is 466 g/mol. The number of halogens is 1. The van der Waals surface area contributed by atoms with Crippen molar-refractivity contribution < 1.29 is 18.7 Å². The molecule has 1 fully saturated rings. The number of benzene rings is 2. The summed E-state index contributed by atoms with van der Waals surface area (Å²) in [6.07, 6.45) is 2.92. The van der Waals surface area contributed by atoms with Crippen LogP contribution in [-0.4, -0.2) is 47.3 Å². The lowest BCUT2D eigenvalue weighted by molar-refractivity contribution is 0.0503. The monoisotopic (exact) mass is 465 g/mol. The molecule has 1 amide bonds. The van der Waals surface area contributed by atoms with Crippen LogP contribution in [0.3, 0.4) is 0 Å². The van der Waals surface area contributed by atoms with Crippen LogP contribution < -0.4 is 5.32 Å². The molecule has 180 valence electrons. The first-order chi connectivity index (χ1) is 16.2. The highest BCUT2D eigenvalue weighted by molar-refractivity contribution is 5.78. The van der Waals surface area contributed by atoms with Crippen molar-refractivity contribution in [3.63, 3.8) is 0 Å². The van der Waals surface area contributed by atoms with Crippen LogP contribution in [0.2, 0.25) is 0 Å². The molecular formula is C27H32FN3O3. The summed E-state index contributed by atoms with van der Waals surface area (Å²) in [4.78, 5) is 19.5. The second-order valence-corrected chi connectivity index (χ2v) is 10.6. The first-order valence-electron chi connectivity index (χ1n) is 12.0. The lowest BCUT2D eigenvalue weighted by Crippen LogP contribution is -2.40. The highest BCUT2D eigenvalue weighted by Gasteiger charge is 2.46. The number of hydrogen-bond donors (Lipinski definition) is 1. The van der Waals surface area contributed by atoms with E-state index in [9.17, 15) is 9.18 Å². The lowest BCUT2D eigenvalue weighted by Gasteiger charge is -2.38. The van der Waals surface area contributed by atoms with E-state index in [2.05, 4.69) is 28.4 Å². The Labute approximate surface area is 200 Å². The van der Waals surface area contributed by atoms with Crippen molar-refractivity contribution in [1.82, 2.24) is 10.2 Å². The molecule has 2 aromatic rings. The van der Waals surface area contributed by atoms with Crippen molar-refractivity contribution in [2.24, 2.45) is 4.99 Å². The van der Waals surface area contributed by atoms with E-state index in [-0.39, 0.29) is 29.5 Å². The zero-order chi connectivity index (χ0) is 23.9. The van der Waals surface area contributed by atoms with E-state index in [1.54, 1.807) is 0 Å². The molecule has 1 saturated carbocycles. The van der Waals surface area contributed by atoms with Gasteiger partial charge in [0.1, 0.15) is 23.6 Å². The second-order valence-electron chi connectivity index (χ2n) is 10.6. The van der Waals surface area contributed by atoms with E-state index in [1.807, 2.05) is 39.0 Å². The number of rotatable bonds is 2. The normalized spacial score (nSPS) is 26.1. The van der Waals surface area contributed by atoms with Crippen molar-refractivity contribution in [3.8, 4) is 0 Å². The van der Waals surface area contributed by atoms with E-state index in [0.717, 1.165) is 37.8 Å². The Morgan fingerprint density at radius 1 is 1.21 bits per heavy atom. The van der Waals surface area contributed by atoms with Crippen LogP contribution >= 0.6 is 0 Å². The zero-order valence-electron chi connectivity index (χ0n) is 20.0. The summed E-state index contributed by atoms with van der Waals surface area (Å²) in [7, 11) is 0. The molecule has 0 bridgehead atoms. The fraction of sp³-hybridized carbons (Fsp3) is 0.481. The number of carbonyl (C=O) groups is 1. The van der Waals surface area contributed by atoms with Crippen LogP contribution in [0, 0.1) is 5.82 Å². The molecule has 34 heavy (non-hydrogen) atoms. The van der Waals surface area contributed by atoms with E-state index in [1.165, 1.54) is 23.3 Å². The summed E-state index contributed by atoms with van der Waals surface area (Å²) in [6.45, 7) is 6.85. The summed E-state index contributed by atoms with van der Waals surface area (Å²) in [5.41, 5.74) is 2.64. The quantitative estimate of drug-likeness (QED) is 0.680. The molecule has 1 spiro atoms. The van der Waals surface area contributed by atoms with Gasteiger partial charge in [-0.3, -0.25) is 0 Å². The van der Waals surface area contributed by atoms with Gasteiger partial charge in [0, 0.05) is 12.6 Å². The third-order valence-electron chi connectivity index (χ3n) is 6.82. The van der Waals surface area contributed by atoms with Crippen LogP contribution in [0.25, 0.3) is 0 Å². The molecule has 0 radical (unpaired) electrons. The van der Waals surface area contributed by atoms with Crippen molar-refractivity contribution >= 4 is 12.1 Å². The first-order valence-corrected chi connectivity index (χ1v) is 12.0. The number of nitrogens with one attached hydrogen (secondary N) is 1. The zero-order valence-corrected chi connectivity index (χ0v) is 20.0. The highest BCUT2D eigenvalue weighted by Crippen LogP contribution is 2.41. The standard InChI is InChI=1S/C27H32FN3O3/c1-26(2,3)34-25(32)29-21-12-14-27(16-21)17-33-24(30-27)31-15-13-18-6-4-5-7-22(18)23(31)19-8-10-20(28)11-9-19/h4-11,21,23H,12-17H2,1-3H3,(H,29,32)/t21-,23+,27+/m1/s1. The molecule has 1 aliphatic carbocycles. The Kier molecular flexibility index (Phi) is 5.74. The maximum Gasteiger partial charge on any atom is 0.407 e. The molecule has 0 aromatic heterocycles. The second kappa shape index (κ2) is 8.60. The molecule has 2 aromatic carbocycles. The van der Waals surface area contributed by atoms with Crippen molar-refractivity contribution in [3.05, 3.63) is 71.0 Å². The Hall–Kier alpha value is -3.09. The summed E-state index contributed by atoms with van der Waals surface area (Å²) in [6, 6.07) is 15.7. The molecule has 2 aliphatic heterocycles.